The number of nitro groups is 1. The molecule has 1 N–H and O–H groups in total. The number of rotatable bonds is 5. The lowest BCUT2D eigenvalue weighted by Crippen LogP contribution is -1.97. The third-order valence-corrected chi connectivity index (χ3v) is 4.10. The fourth-order valence-corrected chi connectivity index (χ4v) is 2.79. The molecule has 0 spiro atoms. The number of hydrogen-bond acceptors (Lipinski definition) is 7. The molecular formula is C10H10N4O2S2. The van der Waals surface area contributed by atoms with Crippen LogP contribution < -0.4 is 5.32 Å². The van der Waals surface area contributed by atoms with Gasteiger partial charge in [0.25, 0.3) is 5.69 Å². The Morgan fingerprint density at radius 2 is 2.39 bits per heavy atom. The fraction of sp³-hybridized carbons (Fsp3) is 0.200. The molecule has 0 saturated heterocycles. The minimum atomic E-state index is -0.384. The van der Waals surface area contributed by atoms with Crippen molar-refractivity contribution in [3.8, 4) is 0 Å². The number of anilines is 1. The van der Waals surface area contributed by atoms with Crippen LogP contribution in [-0.4, -0.2) is 21.3 Å². The Balaban J connectivity index is 2.14. The van der Waals surface area contributed by atoms with Crippen molar-refractivity contribution in [1.82, 2.24) is 9.36 Å². The molecule has 6 nitrogen and oxygen atoms in total. The van der Waals surface area contributed by atoms with Gasteiger partial charge >= 0.3 is 0 Å². The number of nitrogens with one attached hydrogen (secondary N) is 1. The van der Waals surface area contributed by atoms with Gasteiger partial charge in [0.15, 0.2) is 4.34 Å². The number of aromatic nitrogens is 2. The summed E-state index contributed by atoms with van der Waals surface area (Å²) in [6.07, 6.45) is 1.50. The summed E-state index contributed by atoms with van der Waals surface area (Å²) in [6, 6.07) is 5.17. The second-order valence-corrected chi connectivity index (χ2v) is 5.36. The largest absolute Gasteiger partial charge is 0.383 e. The smallest absolute Gasteiger partial charge is 0.292 e. The van der Waals surface area contributed by atoms with Crippen LogP contribution in [0.2, 0.25) is 0 Å². The van der Waals surface area contributed by atoms with Gasteiger partial charge in [-0.15, -0.1) is 0 Å². The highest BCUT2D eigenvalue weighted by atomic mass is 32.2. The maximum Gasteiger partial charge on any atom is 0.292 e. The summed E-state index contributed by atoms with van der Waals surface area (Å²) in [5.41, 5.74) is 1.50. The molecule has 18 heavy (non-hydrogen) atoms. The van der Waals surface area contributed by atoms with Crippen molar-refractivity contribution in [2.45, 2.75) is 10.1 Å². The summed E-state index contributed by atoms with van der Waals surface area (Å²) in [5, 5.41) is 13.7. The zero-order valence-electron chi connectivity index (χ0n) is 9.49. The Hall–Kier alpha value is -1.67. The van der Waals surface area contributed by atoms with Crippen LogP contribution in [0.1, 0.15) is 5.56 Å². The van der Waals surface area contributed by atoms with E-state index in [9.17, 15) is 10.1 Å². The van der Waals surface area contributed by atoms with Gasteiger partial charge in [0.2, 0.25) is 0 Å². The van der Waals surface area contributed by atoms with E-state index in [4.69, 9.17) is 0 Å². The summed E-state index contributed by atoms with van der Waals surface area (Å²) in [7, 11) is 1.66. The number of benzene rings is 1. The number of hydrogen-bond donors (Lipinski definition) is 1. The van der Waals surface area contributed by atoms with E-state index in [0.29, 0.717) is 11.4 Å². The fourth-order valence-electron chi connectivity index (χ4n) is 1.40. The molecule has 1 heterocycles. The van der Waals surface area contributed by atoms with Crippen molar-refractivity contribution in [2.75, 3.05) is 12.4 Å². The van der Waals surface area contributed by atoms with E-state index in [1.54, 1.807) is 19.2 Å². The van der Waals surface area contributed by atoms with Crippen LogP contribution in [0.5, 0.6) is 0 Å². The monoisotopic (exact) mass is 282 g/mol. The molecule has 1 aromatic carbocycles. The molecule has 0 aliphatic rings. The Morgan fingerprint density at radius 3 is 3.00 bits per heavy atom. The van der Waals surface area contributed by atoms with Gasteiger partial charge in [-0.1, -0.05) is 17.8 Å². The summed E-state index contributed by atoms with van der Waals surface area (Å²) in [6.45, 7) is 0. The van der Waals surface area contributed by atoms with Crippen molar-refractivity contribution in [2.24, 2.45) is 0 Å². The van der Waals surface area contributed by atoms with Crippen LogP contribution in [0, 0.1) is 10.1 Å². The molecule has 8 heteroatoms. The normalized spacial score (nSPS) is 10.3. The van der Waals surface area contributed by atoms with E-state index < -0.39 is 0 Å². The van der Waals surface area contributed by atoms with Crippen LogP contribution in [0.3, 0.4) is 0 Å². The van der Waals surface area contributed by atoms with Gasteiger partial charge in [-0.2, -0.15) is 4.37 Å². The average molecular weight is 282 g/mol. The van der Waals surface area contributed by atoms with E-state index in [2.05, 4.69) is 14.7 Å². The first-order chi connectivity index (χ1) is 8.70. The Morgan fingerprint density at radius 1 is 1.56 bits per heavy atom. The molecule has 0 radical (unpaired) electrons. The summed E-state index contributed by atoms with van der Waals surface area (Å²) in [5.74, 6) is 0.639. The zero-order valence-corrected chi connectivity index (χ0v) is 11.1. The van der Waals surface area contributed by atoms with Gasteiger partial charge in [0.05, 0.1) is 4.92 Å². The minimum Gasteiger partial charge on any atom is -0.383 e. The van der Waals surface area contributed by atoms with E-state index in [1.165, 1.54) is 29.6 Å². The summed E-state index contributed by atoms with van der Waals surface area (Å²) >= 11 is 2.83. The molecule has 0 unspecified atom stereocenters. The summed E-state index contributed by atoms with van der Waals surface area (Å²) in [4.78, 5) is 14.6. The molecule has 0 atom stereocenters. The van der Waals surface area contributed by atoms with E-state index >= 15 is 0 Å². The van der Waals surface area contributed by atoms with Crippen LogP contribution in [-0.2, 0) is 5.75 Å². The summed E-state index contributed by atoms with van der Waals surface area (Å²) < 4.78 is 4.76. The first-order valence-electron chi connectivity index (χ1n) is 5.05. The lowest BCUT2D eigenvalue weighted by atomic mass is 10.2. The average Bonchev–Trinajstić information content (AvgIpc) is 2.89. The quantitative estimate of drug-likeness (QED) is 0.516. The Bertz CT molecular complexity index is 545. The Labute approximate surface area is 112 Å². The van der Waals surface area contributed by atoms with E-state index in [0.717, 1.165) is 9.90 Å². The molecule has 0 amide bonds. The van der Waals surface area contributed by atoms with E-state index in [1.807, 2.05) is 6.07 Å². The van der Waals surface area contributed by atoms with Gasteiger partial charge in [-0.25, -0.2) is 4.98 Å². The van der Waals surface area contributed by atoms with Gasteiger partial charge < -0.3 is 5.32 Å². The highest BCUT2D eigenvalue weighted by Gasteiger charge is 2.13. The van der Waals surface area contributed by atoms with E-state index in [-0.39, 0.29) is 10.6 Å². The molecule has 0 aliphatic heterocycles. The lowest BCUT2D eigenvalue weighted by molar-refractivity contribution is -0.384. The maximum absolute atomic E-state index is 10.9. The first kappa shape index (κ1) is 12.8. The van der Waals surface area contributed by atoms with Gasteiger partial charge in [0.1, 0.15) is 12.0 Å². The zero-order chi connectivity index (χ0) is 13.0. The van der Waals surface area contributed by atoms with Gasteiger partial charge in [0, 0.05) is 18.9 Å². The Kier molecular flexibility index (Phi) is 4.11. The number of nitrogens with zero attached hydrogens (tertiary/aromatic N) is 3. The van der Waals surface area contributed by atoms with Crippen LogP contribution in [0.15, 0.2) is 28.9 Å². The molecule has 1 aromatic heterocycles. The van der Waals surface area contributed by atoms with Crippen LogP contribution in [0.25, 0.3) is 0 Å². The SMILES string of the molecule is CNc1ccc(CSc2ncns2)cc1[N+](=O)[O-]. The standard InChI is InChI=1S/C10H10N4O2S2/c1-11-8-3-2-7(4-9(8)14(15)16)5-17-10-12-6-13-18-10/h2-4,6,11H,5H2,1H3. The molecule has 2 rings (SSSR count). The van der Waals surface area contributed by atoms with Gasteiger partial charge in [-0.05, 0) is 23.2 Å². The second kappa shape index (κ2) is 5.78. The number of nitro benzene ring substituents is 1. The predicted molar refractivity (Wildman–Crippen MR) is 72.1 cm³/mol. The van der Waals surface area contributed by atoms with Crippen LogP contribution >= 0.6 is 23.3 Å². The van der Waals surface area contributed by atoms with Crippen molar-refractivity contribution in [3.63, 3.8) is 0 Å². The molecule has 2 aromatic rings. The highest BCUT2D eigenvalue weighted by molar-refractivity contribution is 8.00. The third kappa shape index (κ3) is 2.96. The third-order valence-electron chi connectivity index (χ3n) is 2.23. The molecular weight excluding hydrogens is 272 g/mol. The van der Waals surface area contributed by atoms with Crippen molar-refractivity contribution in [3.05, 3.63) is 40.2 Å². The highest BCUT2D eigenvalue weighted by Crippen LogP contribution is 2.29. The maximum atomic E-state index is 10.9. The minimum absolute atomic E-state index is 0.0906. The first-order valence-corrected chi connectivity index (χ1v) is 6.81. The molecule has 0 aliphatic carbocycles. The van der Waals surface area contributed by atoms with Crippen molar-refractivity contribution >= 4 is 34.7 Å². The molecule has 0 saturated carbocycles. The number of thioether (sulfide) groups is 1. The molecule has 0 bridgehead atoms. The molecule has 94 valence electrons. The molecule has 0 fully saturated rings. The van der Waals surface area contributed by atoms with Gasteiger partial charge in [-0.3, -0.25) is 10.1 Å². The second-order valence-electron chi connectivity index (χ2n) is 3.35. The van der Waals surface area contributed by atoms with Crippen molar-refractivity contribution in [1.29, 1.82) is 0 Å². The lowest BCUT2D eigenvalue weighted by Gasteiger charge is -2.04. The topological polar surface area (TPSA) is 81.0 Å². The van der Waals surface area contributed by atoms with Crippen molar-refractivity contribution < 1.29 is 4.92 Å². The van der Waals surface area contributed by atoms with Crippen LogP contribution in [0.4, 0.5) is 11.4 Å². The predicted octanol–water partition coefficient (Wildman–Crippen LogP) is 2.78.